The monoisotopic (exact) mass is 779 g/mol. The molecular formula is C58H37NO2. The Hall–Kier alpha value is -8.14. The summed E-state index contributed by atoms with van der Waals surface area (Å²) < 4.78 is 12.6. The molecule has 61 heavy (non-hydrogen) atoms. The molecule has 0 N–H and O–H groups in total. The lowest BCUT2D eigenvalue weighted by molar-refractivity contribution is 0.668. The highest BCUT2D eigenvalue weighted by Crippen LogP contribution is 2.45. The second-order valence-corrected chi connectivity index (χ2v) is 15.7. The minimum Gasteiger partial charge on any atom is -0.456 e. The first-order chi connectivity index (χ1) is 30.2. The van der Waals surface area contributed by atoms with Gasteiger partial charge in [0, 0.05) is 38.5 Å². The zero-order valence-corrected chi connectivity index (χ0v) is 33.1. The van der Waals surface area contributed by atoms with Gasteiger partial charge in [-0.15, -0.1) is 0 Å². The molecule has 12 rings (SSSR count). The van der Waals surface area contributed by atoms with Crippen LogP contribution in [0.2, 0.25) is 0 Å². The number of nitrogens with zero attached hydrogens (tertiary/aromatic N) is 1. The van der Waals surface area contributed by atoms with Crippen molar-refractivity contribution in [2.45, 2.75) is 0 Å². The second kappa shape index (κ2) is 14.3. The fraction of sp³-hybridized carbons (Fsp3) is 0. The molecule has 0 aliphatic heterocycles. The molecule has 286 valence electrons. The Labute approximate surface area is 353 Å². The van der Waals surface area contributed by atoms with Crippen LogP contribution in [0.25, 0.3) is 99.2 Å². The molecule has 0 atom stereocenters. The zero-order chi connectivity index (χ0) is 40.3. The molecule has 0 saturated carbocycles. The zero-order valence-electron chi connectivity index (χ0n) is 33.1. The molecule has 2 heterocycles. The highest BCUT2D eigenvalue weighted by Gasteiger charge is 2.21. The minimum atomic E-state index is 0.876. The van der Waals surface area contributed by atoms with Crippen LogP contribution in [-0.2, 0) is 0 Å². The normalized spacial score (nSPS) is 11.6. The van der Waals surface area contributed by atoms with Gasteiger partial charge in [-0.25, -0.2) is 0 Å². The van der Waals surface area contributed by atoms with Gasteiger partial charge in [0.05, 0.1) is 5.69 Å². The standard InChI is InChI=1S/C58H37NO2/c1-2-12-41-36-44(24-23-38(41)11-1)43-14-9-13-42(35-43)39-25-30-46(31-26-39)59(47-32-27-40(28-33-47)45-29-34-50-49-16-4-7-20-54(49)61-57(50)37-45)53-19-6-3-15-48(53)51-18-10-22-56-58(51)52-17-5-8-21-55(52)60-56/h1-37H. The van der Waals surface area contributed by atoms with Crippen molar-refractivity contribution >= 4 is 71.7 Å². The third kappa shape index (κ3) is 6.06. The molecule has 0 aliphatic carbocycles. The van der Waals surface area contributed by atoms with Gasteiger partial charge < -0.3 is 13.7 Å². The maximum Gasteiger partial charge on any atom is 0.136 e. The molecule has 0 amide bonds. The number of fused-ring (bicyclic) bond motifs is 7. The van der Waals surface area contributed by atoms with Crippen LogP contribution in [0, 0.1) is 0 Å². The molecule has 0 radical (unpaired) electrons. The van der Waals surface area contributed by atoms with Gasteiger partial charge in [-0.1, -0.05) is 152 Å². The summed E-state index contributed by atoms with van der Waals surface area (Å²) in [5, 5.41) is 6.98. The largest absolute Gasteiger partial charge is 0.456 e. The van der Waals surface area contributed by atoms with Gasteiger partial charge in [0.25, 0.3) is 0 Å². The van der Waals surface area contributed by atoms with Crippen molar-refractivity contribution in [3.8, 4) is 44.5 Å². The number of para-hydroxylation sites is 3. The first kappa shape index (κ1) is 34.9. The fourth-order valence-corrected chi connectivity index (χ4v) is 9.08. The number of hydrogen-bond acceptors (Lipinski definition) is 3. The highest BCUT2D eigenvalue weighted by molar-refractivity contribution is 6.14. The van der Waals surface area contributed by atoms with Crippen LogP contribution < -0.4 is 4.90 Å². The Morgan fingerprint density at radius 1 is 0.279 bits per heavy atom. The van der Waals surface area contributed by atoms with Crippen LogP contribution in [-0.4, -0.2) is 0 Å². The van der Waals surface area contributed by atoms with Gasteiger partial charge in [-0.3, -0.25) is 0 Å². The molecule has 3 nitrogen and oxygen atoms in total. The SMILES string of the molecule is c1cc(-c2ccc(N(c3ccc(-c4ccc5c(c4)oc4ccccc45)cc3)c3ccccc3-c3cccc4oc5ccccc5c34)cc2)cc(-c2ccc3ccccc3c2)c1. The lowest BCUT2D eigenvalue weighted by atomic mass is 9.96. The van der Waals surface area contributed by atoms with E-state index in [0.717, 1.165) is 88.8 Å². The molecule has 0 saturated heterocycles. The van der Waals surface area contributed by atoms with Crippen molar-refractivity contribution in [2.24, 2.45) is 0 Å². The van der Waals surface area contributed by atoms with Crippen molar-refractivity contribution in [1.82, 2.24) is 0 Å². The quantitative estimate of drug-likeness (QED) is 0.161. The Morgan fingerprint density at radius 2 is 0.787 bits per heavy atom. The van der Waals surface area contributed by atoms with Gasteiger partial charge in [0.1, 0.15) is 22.3 Å². The predicted octanol–water partition coefficient (Wildman–Crippen LogP) is 16.8. The Balaban J connectivity index is 0.967. The van der Waals surface area contributed by atoms with Crippen LogP contribution in [0.3, 0.4) is 0 Å². The summed E-state index contributed by atoms with van der Waals surface area (Å²) >= 11 is 0. The first-order valence-corrected chi connectivity index (χ1v) is 20.7. The fourth-order valence-electron chi connectivity index (χ4n) is 9.08. The minimum absolute atomic E-state index is 0.876. The Bertz CT molecular complexity index is 3590. The number of anilines is 3. The van der Waals surface area contributed by atoms with Gasteiger partial charge >= 0.3 is 0 Å². The number of rotatable bonds is 7. The van der Waals surface area contributed by atoms with Crippen LogP contribution in [0.1, 0.15) is 0 Å². The summed E-state index contributed by atoms with van der Waals surface area (Å²) in [5.74, 6) is 0. The molecule has 10 aromatic carbocycles. The van der Waals surface area contributed by atoms with Crippen LogP contribution >= 0.6 is 0 Å². The Kier molecular flexibility index (Phi) is 8.17. The van der Waals surface area contributed by atoms with E-state index >= 15 is 0 Å². The lowest BCUT2D eigenvalue weighted by Crippen LogP contribution is -2.11. The molecule has 0 aliphatic rings. The number of furan rings is 2. The van der Waals surface area contributed by atoms with Crippen molar-refractivity contribution in [3.05, 3.63) is 224 Å². The molecule has 12 aromatic rings. The number of benzene rings is 10. The third-order valence-electron chi connectivity index (χ3n) is 12.1. The van der Waals surface area contributed by atoms with Crippen LogP contribution in [0.15, 0.2) is 233 Å². The molecule has 2 aromatic heterocycles. The predicted molar refractivity (Wildman–Crippen MR) is 255 cm³/mol. The van der Waals surface area contributed by atoms with Gasteiger partial charge in [-0.05, 0) is 123 Å². The summed E-state index contributed by atoms with van der Waals surface area (Å²) in [5.41, 5.74) is 16.0. The van der Waals surface area contributed by atoms with Crippen molar-refractivity contribution in [2.75, 3.05) is 4.90 Å². The van der Waals surface area contributed by atoms with Gasteiger partial charge in [-0.2, -0.15) is 0 Å². The van der Waals surface area contributed by atoms with E-state index < -0.39 is 0 Å². The average Bonchev–Trinajstić information content (AvgIpc) is 3.90. The van der Waals surface area contributed by atoms with Crippen molar-refractivity contribution < 1.29 is 8.83 Å². The maximum absolute atomic E-state index is 6.37. The summed E-state index contributed by atoms with van der Waals surface area (Å²) in [7, 11) is 0. The third-order valence-corrected chi connectivity index (χ3v) is 12.1. The summed E-state index contributed by atoms with van der Waals surface area (Å²) in [6.45, 7) is 0. The molecular weight excluding hydrogens is 743 g/mol. The van der Waals surface area contributed by atoms with E-state index in [9.17, 15) is 0 Å². The molecule has 3 heteroatoms. The highest BCUT2D eigenvalue weighted by atomic mass is 16.3. The number of hydrogen-bond donors (Lipinski definition) is 0. The van der Waals surface area contributed by atoms with Crippen LogP contribution in [0.4, 0.5) is 17.1 Å². The topological polar surface area (TPSA) is 29.5 Å². The van der Waals surface area contributed by atoms with E-state index in [1.807, 2.05) is 24.3 Å². The molecule has 0 unspecified atom stereocenters. The molecule has 0 bridgehead atoms. The van der Waals surface area contributed by atoms with E-state index in [2.05, 4.69) is 205 Å². The summed E-state index contributed by atoms with van der Waals surface area (Å²) in [6.07, 6.45) is 0. The Morgan fingerprint density at radius 3 is 1.57 bits per heavy atom. The molecule has 0 spiro atoms. The van der Waals surface area contributed by atoms with E-state index in [4.69, 9.17) is 8.83 Å². The summed E-state index contributed by atoms with van der Waals surface area (Å²) in [4.78, 5) is 2.37. The van der Waals surface area contributed by atoms with E-state index in [1.54, 1.807) is 0 Å². The van der Waals surface area contributed by atoms with Crippen molar-refractivity contribution in [1.29, 1.82) is 0 Å². The second-order valence-electron chi connectivity index (χ2n) is 15.7. The van der Waals surface area contributed by atoms with E-state index in [0.29, 0.717) is 0 Å². The average molecular weight is 780 g/mol. The first-order valence-electron chi connectivity index (χ1n) is 20.7. The van der Waals surface area contributed by atoms with E-state index in [-0.39, 0.29) is 0 Å². The van der Waals surface area contributed by atoms with Crippen LogP contribution in [0.5, 0.6) is 0 Å². The molecule has 0 fully saturated rings. The van der Waals surface area contributed by atoms with Gasteiger partial charge in [0.15, 0.2) is 0 Å². The summed E-state index contributed by atoms with van der Waals surface area (Å²) in [6, 6.07) is 80.1. The smallest absolute Gasteiger partial charge is 0.136 e. The van der Waals surface area contributed by atoms with E-state index in [1.165, 1.54) is 27.5 Å². The maximum atomic E-state index is 6.37. The van der Waals surface area contributed by atoms with Gasteiger partial charge in [0.2, 0.25) is 0 Å². The lowest BCUT2D eigenvalue weighted by Gasteiger charge is -2.28. The van der Waals surface area contributed by atoms with Crippen molar-refractivity contribution in [3.63, 3.8) is 0 Å².